The monoisotopic (exact) mass is 376 g/mol. The first-order valence-electron chi connectivity index (χ1n) is 9.63. The quantitative estimate of drug-likeness (QED) is 0.706. The van der Waals surface area contributed by atoms with E-state index in [9.17, 15) is 9.59 Å². The second kappa shape index (κ2) is 7.11. The predicted octanol–water partition coefficient (Wildman–Crippen LogP) is 3.00. The summed E-state index contributed by atoms with van der Waals surface area (Å²) >= 11 is 0. The number of carbonyl (C=O) groups excluding carboxylic acids is 2. The van der Waals surface area contributed by atoms with Crippen LogP contribution in [0.25, 0.3) is 16.8 Å². The third kappa shape index (κ3) is 3.05. The van der Waals surface area contributed by atoms with Crippen molar-refractivity contribution in [1.82, 2.24) is 19.2 Å². The van der Waals surface area contributed by atoms with E-state index in [0.29, 0.717) is 25.2 Å². The highest BCUT2D eigenvalue weighted by molar-refractivity contribution is 5.99. The van der Waals surface area contributed by atoms with Crippen LogP contribution in [0.1, 0.15) is 29.8 Å². The maximum absolute atomic E-state index is 13.1. The Hall–Kier alpha value is -3.15. The first kappa shape index (κ1) is 18.2. The molecule has 4 rings (SSSR count). The predicted molar refractivity (Wildman–Crippen MR) is 108 cm³/mol. The first-order chi connectivity index (χ1) is 13.5. The molecule has 3 heterocycles. The molecule has 0 bridgehead atoms. The molecule has 1 saturated heterocycles. The van der Waals surface area contributed by atoms with E-state index in [-0.39, 0.29) is 11.8 Å². The Kier molecular flexibility index (Phi) is 4.63. The summed E-state index contributed by atoms with van der Waals surface area (Å²) in [6.45, 7) is 7.62. The van der Waals surface area contributed by atoms with Gasteiger partial charge >= 0.3 is 0 Å². The zero-order chi connectivity index (χ0) is 19.8. The summed E-state index contributed by atoms with van der Waals surface area (Å²) in [5, 5.41) is 0. The SMILES string of the molecule is CCN1CCN(C(=O)c2cccc(-c3cc(C)c4nccn4c3)c2)[C@H](C)C1=O. The van der Waals surface area contributed by atoms with Crippen LogP contribution in [0, 0.1) is 6.92 Å². The van der Waals surface area contributed by atoms with Gasteiger partial charge < -0.3 is 14.2 Å². The summed E-state index contributed by atoms with van der Waals surface area (Å²) in [7, 11) is 0. The number of piperazine rings is 1. The smallest absolute Gasteiger partial charge is 0.254 e. The van der Waals surface area contributed by atoms with Crippen molar-refractivity contribution in [2.24, 2.45) is 0 Å². The number of rotatable bonds is 3. The average molecular weight is 376 g/mol. The summed E-state index contributed by atoms with van der Waals surface area (Å²) in [5.74, 6) is -0.0849. The Labute approximate surface area is 164 Å². The molecule has 3 aromatic rings. The highest BCUT2D eigenvalue weighted by atomic mass is 16.2. The standard InChI is InChI=1S/C22H24N4O2/c1-4-24-10-11-26(16(3)21(24)27)22(28)18-7-5-6-17(13-18)19-12-15(2)20-23-8-9-25(20)14-19/h5-9,12-14,16H,4,10-11H2,1-3H3/t16-/m1/s1. The van der Waals surface area contributed by atoms with E-state index in [1.165, 1.54) is 0 Å². The molecule has 0 saturated carbocycles. The molecule has 2 amide bonds. The van der Waals surface area contributed by atoms with Crippen molar-refractivity contribution in [1.29, 1.82) is 0 Å². The van der Waals surface area contributed by atoms with Crippen molar-refractivity contribution in [2.45, 2.75) is 26.8 Å². The molecule has 1 fully saturated rings. The number of aryl methyl sites for hydroxylation is 1. The number of benzene rings is 1. The molecule has 1 aliphatic rings. The highest BCUT2D eigenvalue weighted by Crippen LogP contribution is 2.24. The number of amides is 2. The lowest BCUT2D eigenvalue weighted by atomic mass is 10.0. The minimum absolute atomic E-state index is 0.0134. The van der Waals surface area contributed by atoms with Gasteiger partial charge in [0.15, 0.2) is 0 Å². The summed E-state index contributed by atoms with van der Waals surface area (Å²) in [5.41, 5.74) is 4.60. The van der Waals surface area contributed by atoms with E-state index in [0.717, 1.165) is 22.3 Å². The van der Waals surface area contributed by atoms with Crippen LogP contribution in [0.4, 0.5) is 0 Å². The van der Waals surface area contributed by atoms with Crippen LogP contribution in [0.15, 0.2) is 48.9 Å². The molecule has 144 valence electrons. The first-order valence-corrected chi connectivity index (χ1v) is 9.63. The number of nitrogens with zero attached hydrogens (tertiary/aromatic N) is 4. The number of hydrogen-bond acceptors (Lipinski definition) is 3. The molecule has 6 nitrogen and oxygen atoms in total. The van der Waals surface area contributed by atoms with Crippen LogP contribution >= 0.6 is 0 Å². The highest BCUT2D eigenvalue weighted by Gasteiger charge is 2.33. The molecule has 6 heteroatoms. The lowest BCUT2D eigenvalue weighted by Crippen LogP contribution is -2.57. The van der Waals surface area contributed by atoms with Crippen molar-refractivity contribution in [3.8, 4) is 11.1 Å². The van der Waals surface area contributed by atoms with Gasteiger partial charge in [0.2, 0.25) is 5.91 Å². The van der Waals surface area contributed by atoms with Gasteiger partial charge in [-0.2, -0.15) is 0 Å². The van der Waals surface area contributed by atoms with Gasteiger partial charge in [-0.25, -0.2) is 4.98 Å². The van der Waals surface area contributed by atoms with Crippen molar-refractivity contribution in [3.63, 3.8) is 0 Å². The van der Waals surface area contributed by atoms with E-state index < -0.39 is 6.04 Å². The van der Waals surface area contributed by atoms with Crippen molar-refractivity contribution >= 4 is 17.5 Å². The zero-order valence-corrected chi connectivity index (χ0v) is 16.4. The summed E-state index contributed by atoms with van der Waals surface area (Å²) < 4.78 is 1.99. The maximum atomic E-state index is 13.1. The second-order valence-corrected chi connectivity index (χ2v) is 7.24. The molecule has 1 aliphatic heterocycles. The van der Waals surface area contributed by atoms with Gasteiger partial charge in [-0.3, -0.25) is 9.59 Å². The lowest BCUT2D eigenvalue weighted by molar-refractivity contribution is -0.139. The van der Waals surface area contributed by atoms with Gasteiger partial charge in [-0.15, -0.1) is 0 Å². The van der Waals surface area contributed by atoms with E-state index in [4.69, 9.17) is 0 Å². The van der Waals surface area contributed by atoms with Crippen molar-refractivity contribution in [3.05, 3.63) is 60.0 Å². The minimum Gasteiger partial charge on any atom is -0.339 e. The van der Waals surface area contributed by atoms with Gasteiger partial charge in [-0.05, 0) is 55.7 Å². The van der Waals surface area contributed by atoms with Crippen LogP contribution in [0.5, 0.6) is 0 Å². The third-order valence-corrected chi connectivity index (χ3v) is 5.50. The Balaban J connectivity index is 1.65. The van der Waals surface area contributed by atoms with Gasteiger partial charge in [0.05, 0.1) is 0 Å². The number of hydrogen-bond donors (Lipinski definition) is 0. The topological polar surface area (TPSA) is 57.9 Å². The maximum Gasteiger partial charge on any atom is 0.254 e. The fourth-order valence-corrected chi connectivity index (χ4v) is 3.88. The number of fused-ring (bicyclic) bond motifs is 1. The van der Waals surface area contributed by atoms with Crippen LogP contribution in [-0.2, 0) is 4.79 Å². The number of likely N-dealkylation sites (N-methyl/N-ethyl adjacent to an activating group) is 1. The molecule has 1 atom stereocenters. The summed E-state index contributed by atoms with van der Waals surface area (Å²) in [6, 6.07) is 9.26. The Morgan fingerprint density at radius 3 is 2.82 bits per heavy atom. The Morgan fingerprint density at radius 1 is 1.21 bits per heavy atom. The summed E-state index contributed by atoms with van der Waals surface area (Å²) in [6.07, 6.45) is 5.72. The van der Waals surface area contributed by atoms with Crippen molar-refractivity contribution < 1.29 is 9.59 Å². The molecule has 0 spiro atoms. The van der Waals surface area contributed by atoms with Gasteiger partial charge in [0.1, 0.15) is 11.7 Å². The molecular weight excluding hydrogens is 352 g/mol. The van der Waals surface area contributed by atoms with Crippen LogP contribution in [0.2, 0.25) is 0 Å². The molecule has 0 N–H and O–H groups in total. The molecular formula is C22H24N4O2. The molecule has 0 radical (unpaired) electrons. The molecule has 1 aromatic carbocycles. The van der Waals surface area contributed by atoms with E-state index >= 15 is 0 Å². The van der Waals surface area contributed by atoms with Crippen LogP contribution in [-0.4, -0.2) is 56.7 Å². The molecule has 28 heavy (non-hydrogen) atoms. The molecule has 0 unspecified atom stereocenters. The third-order valence-electron chi connectivity index (χ3n) is 5.50. The number of aromatic nitrogens is 2. The fraction of sp³-hybridized carbons (Fsp3) is 0.318. The van der Waals surface area contributed by atoms with Gasteiger partial charge in [-0.1, -0.05) is 12.1 Å². The number of carbonyl (C=O) groups is 2. The molecule has 2 aromatic heterocycles. The van der Waals surface area contributed by atoms with E-state index in [1.807, 2.05) is 61.8 Å². The lowest BCUT2D eigenvalue weighted by Gasteiger charge is -2.38. The van der Waals surface area contributed by atoms with E-state index in [1.54, 1.807) is 16.0 Å². The molecule has 0 aliphatic carbocycles. The van der Waals surface area contributed by atoms with Gasteiger partial charge in [0, 0.05) is 43.8 Å². The van der Waals surface area contributed by atoms with Gasteiger partial charge in [0.25, 0.3) is 5.91 Å². The normalized spacial score (nSPS) is 17.4. The van der Waals surface area contributed by atoms with E-state index in [2.05, 4.69) is 11.1 Å². The number of imidazole rings is 1. The Morgan fingerprint density at radius 2 is 2.04 bits per heavy atom. The van der Waals surface area contributed by atoms with Crippen LogP contribution < -0.4 is 0 Å². The second-order valence-electron chi connectivity index (χ2n) is 7.24. The minimum atomic E-state index is -0.436. The fourth-order valence-electron chi connectivity index (χ4n) is 3.88. The largest absolute Gasteiger partial charge is 0.339 e. The Bertz CT molecular complexity index is 1060. The van der Waals surface area contributed by atoms with Crippen molar-refractivity contribution in [2.75, 3.05) is 19.6 Å². The zero-order valence-electron chi connectivity index (χ0n) is 16.4. The number of pyridine rings is 1. The summed E-state index contributed by atoms with van der Waals surface area (Å²) in [4.78, 5) is 33.4. The van der Waals surface area contributed by atoms with Crippen LogP contribution in [0.3, 0.4) is 0 Å². The average Bonchev–Trinajstić information content (AvgIpc) is 3.19.